The van der Waals surface area contributed by atoms with Crippen molar-refractivity contribution in [3.63, 3.8) is 0 Å². The van der Waals surface area contributed by atoms with E-state index >= 15 is 0 Å². The minimum atomic E-state index is -0.175. The number of fused-ring (bicyclic) bond motifs is 1. The Morgan fingerprint density at radius 2 is 2.25 bits per heavy atom. The lowest BCUT2D eigenvalue weighted by Gasteiger charge is -2.31. The van der Waals surface area contributed by atoms with Crippen LogP contribution in [-0.4, -0.2) is 11.3 Å². The third kappa shape index (κ3) is 1.31. The number of hydrogen-bond donors (Lipinski definition) is 1. The van der Waals surface area contributed by atoms with Gasteiger partial charge in [0, 0.05) is 18.4 Å². The SMILES string of the molecule is C.NC12CC=CCC1CC(=O)C2. The van der Waals surface area contributed by atoms with E-state index in [2.05, 4.69) is 12.2 Å². The van der Waals surface area contributed by atoms with Crippen LogP contribution in [0.5, 0.6) is 0 Å². The minimum Gasteiger partial charge on any atom is -0.324 e. The van der Waals surface area contributed by atoms with Crippen LogP contribution in [0.1, 0.15) is 33.1 Å². The maximum absolute atomic E-state index is 11.1. The first-order valence-corrected chi connectivity index (χ1v) is 4.16. The lowest BCUT2D eigenvalue weighted by molar-refractivity contribution is -0.117. The first-order valence-electron chi connectivity index (χ1n) is 4.16. The Balaban J connectivity index is 0.000000720. The quantitative estimate of drug-likeness (QED) is 0.557. The van der Waals surface area contributed by atoms with Crippen molar-refractivity contribution in [1.29, 1.82) is 0 Å². The van der Waals surface area contributed by atoms with Gasteiger partial charge in [0.2, 0.25) is 0 Å². The van der Waals surface area contributed by atoms with Gasteiger partial charge in [-0.3, -0.25) is 4.79 Å². The number of nitrogens with two attached hydrogens (primary N) is 1. The van der Waals surface area contributed by atoms with Crippen molar-refractivity contribution in [1.82, 2.24) is 0 Å². The predicted molar refractivity (Wildman–Crippen MR) is 49.8 cm³/mol. The van der Waals surface area contributed by atoms with Crippen molar-refractivity contribution in [2.45, 2.75) is 38.6 Å². The second-order valence-electron chi connectivity index (χ2n) is 3.76. The highest BCUT2D eigenvalue weighted by Crippen LogP contribution is 2.39. The van der Waals surface area contributed by atoms with E-state index in [0.29, 0.717) is 24.5 Å². The van der Waals surface area contributed by atoms with E-state index in [4.69, 9.17) is 5.73 Å². The summed E-state index contributed by atoms with van der Waals surface area (Å²) in [5.41, 5.74) is 5.91. The predicted octanol–water partition coefficient (Wildman–Crippen LogP) is 1.65. The van der Waals surface area contributed by atoms with Crippen molar-refractivity contribution in [3.05, 3.63) is 12.2 Å². The van der Waals surface area contributed by atoms with Gasteiger partial charge >= 0.3 is 0 Å². The molecule has 2 atom stereocenters. The molecule has 0 saturated heterocycles. The van der Waals surface area contributed by atoms with E-state index in [0.717, 1.165) is 12.8 Å². The van der Waals surface area contributed by atoms with Gasteiger partial charge < -0.3 is 5.73 Å². The van der Waals surface area contributed by atoms with Gasteiger partial charge in [-0.25, -0.2) is 0 Å². The minimum absolute atomic E-state index is 0. The summed E-state index contributed by atoms with van der Waals surface area (Å²) in [5, 5.41) is 0. The lowest BCUT2D eigenvalue weighted by atomic mass is 9.79. The van der Waals surface area contributed by atoms with Crippen LogP contribution in [0.4, 0.5) is 0 Å². The van der Waals surface area contributed by atoms with Gasteiger partial charge in [-0.1, -0.05) is 19.6 Å². The van der Waals surface area contributed by atoms with Gasteiger partial charge in [0.15, 0.2) is 0 Å². The zero-order valence-electron chi connectivity index (χ0n) is 6.55. The molecule has 0 aromatic heterocycles. The van der Waals surface area contributed by atoms with Crippen LogP contribution in [0.3, 0.4) is 0 Å². The molecule has 68 valence electrons. The number of ketones is 1. The van der Waals surface area contributed by atoms with Crippen LogP contribution in [-0.2, 0) is 4.79 Å². The monoisotopic (exact) mass is 167 g/mol. The molecule has 0 amide bonds. The summed E-state index contributed by atoms with van der Waals surface area (Å²) in [6.45, 7) is 0. The molecule has 0 aliphatic heterocycles. The molecule has 12 heavy (non-hydrogen) atoms. The Kier molecular flexibility index (Phi) is 2.38. The second kappa shape index (κ2) is 3.02. The van der Waals surface area contributed by atoms with Crippen molar-refractivity contribution in [2.75, 3.05) is 0 Å². The zero-order valence-corrected chi connectivity index (χ0v) is 6.55. The van der Waals surface area contributed by atoms with E-state index in [9.17, 15) is 4.79 Å². The van der Waals surface area contributed by atoms with Gasteiger partial charge in [0.1, 0.15) is 5.78 Å². The molecule has 1 saturated carbocycles. The van der Waals surface area contributed by atoms with Gasteiger partial charge in [0.05, 0.1) is 0 Å². The first-order chi connectivity index (χ1) is 5.21. The fraction of sp³-hybridized carbons (Fsp3) is 0.700. The number of carbonyl (C=O) groups is 1. The molecular weight excluding hydrogens is 150 g/mol. The summed E-state index contributed by atoms with van der Waals surface area (Å²) in [5.74, 6) is 0.779. The number of Topliss-reactive ketones (excluding diaryl/α,β-unsaturated/α-hetero) is 1. The van der Waals surface area contributed by atoms with E-state index in [1.807, 2.05) is 0 Å². The van der Waals surface area contributed by atoms with Crippen LogP contribution in [0, 0.1) is 5.92 Å². The highest BCUT2D eigenvalue weighted by atomic mass is 16.1. The van der Waals surface area contributed by atoms with Crippen LogP contribution < -0.4 is 5.73 Å². The second-order valence-corrected chi connectivity index (χ2v) is 3.76. The molecule has 1 fully saturated rings. The summed E-state index contributed by atoms with van der Waals surface area (Å²) >= 11 is 0. The third-order valence-electron chi connectivity index (χ3n) is 2.90. The summed E-state index contributed by atoms with van der Waals surface area (Å²) < 4.78 is 0. The third-order valence-corrected chi connectivity index (χ3v) is 2.90. The molecule has 0 spiro atoms. The number of rotatable bonds is 0. The number of carbonyl (C=O) groups excluding carboxylic acids is 1. The topological polar surface area (TPSA) is 43.1 Å². The molecular formula is C10H17NO. The number of allylic oxidation sites excluding steroid dienone is 1. The molecule has 0 aromatic carbocycles. The van der Waals surface area contributed by atoms with Gasteiger partial charge in [-0.05, 0) is 18.8 Å². The van der Waals surface area contributed by atoms with Crippen molar-refractivity contribution in [2.24, 2.45) is 11.7 Å². The Morgan fingerprint density at radius 3 is 2.92 bits per heavy atom. The highest BCUT2D eigenvalue weighted by Gasteiger charge is 2.43. The van der Waals surface area contributed by atoms with Crippen LogP contribution in [0.25, 0.3) is 0 Å². The lowest BCUT2D eigenvalue weighted by Crippen LogP contribution is -2.44. The Bertz CT molecular complexity index is 222. The Morgan fingerprint density at radius 1 is 1.50 bits per heavy atom. The summed E-state index contributed by atoms with van der Waals surface area (Å²) in [7, 11) is 0. The molecule has 0 radical (unpaired) electrons. The maximum atomic E-state index is 11.1. The molecule has 2 aliphatic rings. The first kappa shape index (κ1) is 9.46. The average molecular weight is 167 g/mol. The van der Waals surface area contributed by atoms with Crippen molar-refractivity contribution in [3.8, 4) is 0 Å². The fourth-order valence-corrected chi connectivity index (χ4v) is 2.18. The smallest absolute Gasteiger partial charge is 0.135 e. The molecule has 0 aromatic rings. The Labute approximate surface area is 73.8 Å². The molecule has 0 heterocycles. The molecule has 2 unspecified atom stereocenters. The van der Waals surface area contributed by atoms with E-state index < -0.39 is 0 Å². The molecule has 2 heteroatoms. The summed E-state index contributed by atoms with van der Waals surface area (Å²) in [6, 6.07) is 0. The molecule has 2 rings (SSSR count). The van der Waals surface area contributed by atoms with Crippen LogP contribution in [0.15, 0.2) is 12.2 Å². The standard InChI is InChI=1S/C9H13NO.CH4/c10-9-4-2-1-3-7(9)5-8(11)6-9;/h1-2,7H,3-6,10H2;1H4. The largest absolute Gasteiger partial charge is 0.324 e. The van der Waals surface area contributed by atoms with E-state index in [-0.39, 0.29) is 13.0 Å². The highest BCUT2D eigenvalue weighted by molar-refractivity contribution is 5.83. The normalized spacial score (nSPS) is 39.1. The summed E-state index contributed by atoms with van der Waals surface area (Å²) in [4.78, 5) is 11.1. The van der Waals surface area contributed by atoms with Gasteiger partial charge in [-0.15, -0.1) is 0 Å². The van der Waals surface area contributed by atoms with Gasteiger partial charge in [-0.2, -0.15) is 0 Å². The summed E-state index contributed by atoms with van der Waals surface area (Å²) in [6.07, 6.45) is 7.46. The van der Waals surface area contributed by atoms with E-state index in [1.165, 1.54) is 0 Å². The van der Waals surface area contributed by atoms with Crippen molar-refractivity contribution < 1.29 is 4.79 Å². The van der Waals surface area contributed by atoms with Gasteiger partial charge in [0.25, 0.3) is 0 Å². The molecule has 0 bridgehead atoms. The number of hydrogen-bond acceptors (Lipinski definition) is 2. The molecule has 2 nitrogen and oxygen atoms in total. The molecule has 2 N–H and O–H groups in total. The average Bonchev–Trinajstić information content (AvgIpc) is 2.22. The van der Waals surface area contributed by atoms with E-state index in [1.54, 1.807) is 0 Å². The maximum Gasteiger partial charge on any atom is 0.135 e. The zero-order chi connectivity index (χ0) is 7.90. The molecule has 2 aliphatic carbocycles. The van der Waals surface area contributed by atoms with Crippen LogP contribution in [0.2, 0.25) is 0 Å². The fourth-order valence-electron chi connectivity index (χ4n) is 2.18. The van der Waals surface area contributed by atoms with Crippen LogP contribution >= 0.6 is 0 Å². The Hall–Kier alpha value is -0.630. The van der Waals surface area contributed by atoms with Crippen molar-refractivity contribution >= 4 is 5.78 Å².